The lowest BCUT2D eigenvalue weighted by molar-refractivity contribution is -0.135. The van der Waals surface area contributed by atoms with Crippen molar-refractivity contribution in [2.24, 2.45) is 5.73 Å². The van der Waals surface area contributed by atoms with E-state index in [9.17, 15) is 4.79 Å². The fraction of sp³-hybridized carbons (Fsp3) is 0.600. The molecule has 2 rings (SSSR count). The summed E-state index contributed by atoms with van der Waals surface area (Å²) in [5.74, 6) is 0.561. The van der Waals surface area contributed by atoms with Crippen molar-refractivity contribution in [2.45, 2.75) is 44.8 Å². The Morgan fingerprint density at radius 2 is 2.43 bits per heavy atom. The number of halogens is 1. The molecule has 1 amide bonds. The normalized spacial score (nSPS) is 20.1. The van der Waals surface area contributed by atoms with Gasteiger partial charge < -0.3 is 15.4 Å². The fourth-order valence-electron chi connectivity index (χ4n) is 2.51. The molecule has 0 spiro atoms. The van der Waals surface area contributed by atoms with Crippen LogP contribution in [0.2, 0.25) is 5.02 Å². The van der Waals surface area contributed by atoms with Gasteiger partial charge in [-0.25, -0.2) is 4.98 Å². The fourth-order valence-corrected chi connectivity index (χ4v) is 2.62. The first-order chi connectivity index (χ1) is 10.1. The quantitative estimate of drug-likeness (QED) is 0.905. The molecule has 2 atom stereocenters. The Morgan fingerprint density at radius 3 is 3.10 bits per heavy atom. The average Bonchev–Trinajstić information content (AvgIpc) is 2.49. The van der Waals surface area contributed by atoms with Gasteiger partial charge in [0.2, 0.25) is 11.8 Å². The maximum atomic E-state index is 12.2. The minimum Gasteiger partial charge on any atom is -0.472 e. The van der Waals surface area contributed by atoms with Gasteiger partial charge in [0.15, 0.2) is 0 Å². The number of likely N-dealkylation sites (tertiary alicyclic amines) is 1. The first-order valence-electron chi connectivity index (χ1n) is 7.42. The van der Waals surface area contributed by atoms with Crippen LogP contribution in [0.3, 0.4) is 0 Å². The van der Waals surface area contributed by atoms with Gasteiger partial charge in [-0.1, -0.05) is 24.9 Å². The first-order valence-corrected chi connectivity index (χ1v) is 7.80. The van der Waals surface area contributed by atoms with Crippen LogP contribution in [0.15, 0.2) is 18.3 Å². The number of hydrogen-bond donors (Lipinski definition) is 1. The minimum atomic E-state index is -0.401. The molecule has 1 saturated heterocycles. The van der Waals surface area contributed by atoms with Crippen molar-refractivity contribution in [3.8, 4) is 5.88 Å². The van der Waals surface area contributed by atoms with E-state index in [1.807, 2.05) is 11.8 Å². The molecule has 5 nitrogen and oxygen atoms in total. The van der Waals surface area contributed by atoms with Crippen molar-refractivity contribution >= 4 is 17.5 Å². The van der Waals surface area contributed by atoms with E-state index in [1.54, 1.807) is 18.3 Å². The van der Waals surface area contributed by atoms with Gasteiger partial charge in [-0.3, -0.25) is 4.79 Å². The lowest BCUT2D eigenvalue weighted by Crippen LogP contribution is -2.50. The Balaban J connectivity index is 1.91. The van der Waals surface area contributed by atoms with Crippen LogP contribution in [0.4, 0.5) is 0 Å². The summed E-state index contributed by atoms with van der Waals surface area (Å²) in [6, 6.07) is 3.08. The highest BCUT2D eigenvalue weighted by Gasteiger charge is 2.27. The Bertz CT molecular complexity index is 466. The van der Waals surface area contributed by atoms with Crippen molar-refractivity contribution < 1.29 is 9.53 Å². The molecule has 1 aromatic heterocycles. The second kappa shape index (κ2) is 7.61. The van der Waals surface area contributed by atoms with E-state index in [2.05, 4.69) is 4.98 Å². The molecule has 0 aliphatic carbocycles. The number of nitrogens with two attached hydrogens (primary N) is 1. The first kappa shape index (κ1) is 16.0. The third-order valence-electron chi connectivity index (χ3n) is 3.59. The molecule has 6 heteroatoms. The van der Waals surface area contributed by atoms with Crippen LogP contribution in [0.1, 0.15) is 32.6 Å². The number of ether oxygens (including phenoxy) is 1. The Kier molecular flexibility index (Phi) is 5.82. The van der Waals surface area contributed by atoms with Crippen molar-refractivity contribution in [3.05, 3.63) is 23.4 Å². The number of hydrogen-bond acceptors (Lipinski definition) is 4. The van der Waals surface area contributed by atoms with E-state index in [-0.39, 0.29) is 12.0 Å². The van der Waals surface area contributed by atoms with E-state index in [1.165, 1.54) is 0 Å². The number of carbonyl (C=O) groups is 1. The molecule has 0 aromatic carbocycles. The number of rotatable bonds is 5. The van der Waals surface area contributed by atoms with E-state index >= 15 is 0 Å². The van der Waals surface area contributed by atoms with E-state index < -0.39 is 6.04 Å². The molecule has 1 fully saturated rings. The number of aromatic nitrogens is 1. The maximum absolute atomic E-state index is 12.2. The second-order valence-electron chi connectivity index (χ2n) is 5.38. The number of pyridine rings is 1. The molecule has 116 valence electrons. The molecule has 1 aliphatic heterocycles. The number of piperidine rings is 1. The van der Waals surface area contributed by atoms with Crippen molar-refractivity contribution in [2.75, 3.05) is 13.1 Å². The largest absolute Gasteiger partial charge is 0.472 e. The molecule has 1 aliphatic rings. The summed E-state index contributed by atoms with van der Waals surface area (Å²) in [7, 11) is 0. The van der Waals surface area contributed by atoms with Crippen LogP contribution < -0.4 is 10.5 Å². The molecule has 0 radical (unpaired) electrons. The van der Waals surface area contributed by atoms with E-state index in [4.69, 9.17) is 22.1 Å². The highest BCUT2D eigenvalue weighted by Crippen LogP contribution is 2.19. The Hall–Kier alpha value is -1.33. The van der Waals surface area contributed by atoms with Crippen molar-refractivity contribution in [3.63, 3.8) is 0 Å². The molecule has 0 bridgehead atoms. The second-order valence-corrected chi connectivity index (χ2v) is 5.81. The maximum Gasteiger partial charge on any atom is 0.239 e. The summed E-state index contributed by atoms with van der Waals surface area (Å²) in [5.41, 5.74) is 5.91. The van der Waals surface area contributed by atoms with Gasteiger partial charge in [-0.05, 0) is 25.3 Å². The lowest BCUT2D eigenvalue weighted by Gasteiger charge is -2.34. The van der Waals surface area contributed by atoms with E-state index in [0.29, 0.717) is 17.4 Å². The summed E-state index contributed by atoms with van der Waals surface area (Å²) in [5, 5.41) is 0.577. The van der Waals surface area contributed by atoms with Gasteiger partial charge in [0.25, 0.3) is 0 Å². The molecule has 21 heavy (non-hydrogen) atoms. The highest BCUT2D eigenvalue weighted by molar-refractivity contribution is 6.30. The zero-order chi connectivity index (χ0) is 15.2. The third kappa shape index (κ3) is 4.58. The lowest BCUT2D eigenvalue weighted by atomic mass is 10.1. The predicted molar refractivity (Wildman–Crippen MR) is 82.4 cm³/mol. The van der Waals surface area contributed by atoms with Crippen LogP contribution >= 0.6 is 11.6 Å². The predicted octanol–water partition coefficient (Wildman–Crippen LogP) is 2.23. The zero-order valence-electron chi connectivity index (χ0n) is 12.3. The van der Waals surface area contributed by atoms with Gasteiger partial charge in [-0.15, -0.1) is 0 Å². The van der Waals surface area contributed by atoms with Crippen LogP contribution in [0.5, 0.6) is 5.88 Å². The minimum absolute atomic E-state index is 0.0224. The van der Waals surface area contributed by atoms with Gasteiger partial charge in [0, 0.05) is 18.8 Å². The summed E-state index contributed by atoms with van der Waals surface area (Å²) < 4.78 is 5.83. The summed E-state index contributed by atoms with van der Waals surface area (Å²) in [6.07, 6.45) is 4.99. The zero-order valence-corrected chi connectivity index (χ0v) is 13.1. The van der Waals surface area contributed by atoms with Crippen LogP contribution in [-0.2, 0) is 4.79 Å². The topological polar surface area (TPSA) is 68.5 Å². The van der Waals surface area contributed by atoms with Crippen LogP contribution in [-0.4, -0.2) is 41.0 Å². The van der Waals surface area contributed by atoms with E-state index in [0.717, 1.165) is 32.2 Å². The average molecular weight is 312 g/mol. The van der Waals surface area contributed by atoms with Gasteiger partial charge >= 0.3 is 0 Å². The van der Waals surface area contributed by atoms with Crippen molar-refractivity contribution in [1.29, 1.82) is 0 Å². The number of carbonyl (C=O) groups excluding carboxylic acids is 1. The molecule has 1 aromatic rings. The molecule has 2 unspecified atom stereocenters. The Labute approximate surface area is 130 Å². The molecule has 2 heterocycles. The van der Waals surface area contributed by atoms with Crippen LogP contribution in [0.25, 0.3) is 0 Å². The highest BCUT2D eigenvalue weighted by atomic mass is 35.5. The molecular weight excluding hydrogens is 290 g/mol. The Morgan fingerprint density at radius 1 is 1.62 bits per heavy atom. The number of amides is 1. The third-order valence-corrected chi connectivity index (χ3v) is 3.82. The number of nitrogens with zero attached hydrogens (tertiary/aromatic N) is 2. The van der Waals surface area contributed by atoms with Gasteiger partial charge in [-0.2, -0.15) is 0 Å². The smallest absolute Gasteiger partial charge is 0.239 e. The molecular formula is C15H22ClN3O2. The molecule has 2 N–H and O–H groups in total. The summed E-state index contributed by atoms with van der Waals surface area (Å²) >= 11 is 5.80. The SMILES string of the molecule is CCCC(N)C(=O)N1CCCC(Oc2ccc(Cl)cn2)C1. The van der Waals surface area contributed by atoms with Crippen LogP contribution in [0, 0.1) is 0 Å². The summed E-state index contributed by atoms with van der Waals surface area (Å²) in [6.45, 7) is 3.35. The van der Waals surface area contributed by atoms with Crippen molar-refractivity contribution in [1.82, 2.24) is 9.88 Å². The monoisotopic (exact) mass is 311 g/mol. The van der Waals surface area contributed by atoms with Gasteiger partial charge in [0.1, 0.15) is 6.10 Å². The molecule has 0 saturated carbocycles. The summed E-state index contributed by atoms with van der Waals surface area (Å²) in [4.78, 5) is 18.2. The van der Waals surface area contributed by atoms with Gasteiger partial charge in [0.05, 0.1) is 17.6 Å². The standard InChI is InChI=1S/C15H22ClN3O2/c1-2-4-13(17)15(20)19-8-3-5-12(10-19)21-14-7-6-11(16)9-18-14/h6-7,9,12-13H,2-5,8,10,17H2,1H3.